The number of aromatic nitrogens is 1. The lowest BCUT2D eigenvalue weighted by Gasteiger charge is -2.16. The molecular formula is C22H21F2NO4S. The van der Waals surface area contributed by atoms with Crippen molar-refractivity contribution in [1.82, 2.24) is 4.57 Å². The van der Waals surface area contributed by atoms with Crippen molar-refractivity contribution in [3.05, 3.63) is 71.6 Å². The molecule has 3 rings (SSSR count). The first-order valence-electron chi connectivity index (χ1n) is 9.23. The molecule has 3 aromatic rings. The van der Waals surface area contributed by atoms with E-state index in [-0.39, 0.29) is 29.5 Å². The first-order valence-corrected chi connectivity index (χ1v) is 11.1. The zero-order valence-corrected chi connectivity index (χ0v) is 17.6. The van der Waals surface area contributed by atoms with Gasteiger partial charge >= 0.3 is 5.97 Å². The number of hydrogen-bond donors (Lipinski definition) is 0. The molecule has 8 heteroatoms. The van der Waals surface area contributed by atoms with Crippen LogP contribution in [0.1, 0.15) is 18.1 Å². The first-order chi connectivity index (χ1) is 14.1. The van der Waals surface area contributed by atoms with Crippen LogP contribution in [0.15, 0.2) is 53.7 Å². The molecule has 0 aliphatic heterocycles. The number of esters is 1. The highest BCUT2D eigenvalue weighted by Crippen LogP contribution is 2.33. The number of benzene rings is 2. The summed E-state index contributed by atoms with van der Waals surface area (Å²) in [4.78, 5) is 11.7. The summed E-state index contributed by atoms with van der Waals surface area (Å²) in [5.74, 6) is -1.88. The van der Waals surface area contributed by atoms with E-state index < -0.39 is 21.5 Å². The van der Waals surface area contributed by atoms with Gasteiger partial charge in [-0.2, -0.15) is 0 Å². The van der Waals surface area contributed by atoms with Gasteiger partial charge in [0, 0.05) is 36.0 Å². The Kier molecular flexibility index (Phi) is 6.07. The highest BCUT2D eigenvalue weighted by Gasteiger charge is 2.18. The minimum Gasteiger partial charge on any atom is -0.466 e. The molecule has 0 aliphatic rings. The molecule has 0 fully saturated rings. The third-order valence-electron chi connectivity index (χ3n) is 4.69. The lowest BCUT2D eigenvalue weighted by molar-refractivity contribution is -0.142. The molecule has 0 saturated heterocycles. The second kappa shape index (κ2) is 8.39. The summed E-state index contributed by atoms with van der Waals surface area (Å²) in [6.45, 7) is 3.73. The standard InChI is InChI=1S/C22H21F2NO4S/c1-4-29-22(26)9-15-7-8-25(13-15)21-12-17(30(3,27)28)11-19(14(21)2)18-6-5-16(23)10-20(18)24/h5-8,10-13H,4,9H2,1-3H3. The normalized spacial score (nSPS) is 11.5. The Labute approximate surface area is 173 Å². The van der Waals surface area contributed by atoms with E-state index in [4.69, 9.17) is 4.74 Å². The van der Waals surface area contributed by atoms with Crippen molar-refractivity contribution in [2.75, 3.05) is 12.9 Å². The van der Waals surface area contributed by atoms with Gasteiger partial charge in [-0.3, -0.25) is 4.79 Å². The summed E-state index contributed by atoms with van der Waals surface area (Å²) >= 11 is 0. The van der Waals surface area contributed by atoms with Crippen LogP contribution in [0.25, 0.3) is 16.8 Å². The van der Waals surface area contributed by atoms with Gasteiger partial charge in [-0.1, -0.05) is 0 Å². The lowest BCUT2D eigenvalue weighted by Crippen LogP contribution is -2.07. The molecular weight excluding hydrogens is 412 g/mol. The van der Waals surface area contributed by atoms with Crippen LogP contribution in [0.3, 0.4) is 0 Å². The Morgan fingerprint density at radius 1 is 1.10 bits per heavy atom. The second-order valence-electron chi connectivity index (χ2n) is 6.92. The van der Waals surface area contributed by atoms with E-state index in [1.165, 1.54) is 18.2 Å². The molecule has 0 bridgehead atoms. The number of ether oxygens (including phenoxy) is 1. The fraction of sp³-hybridized carbons (Fsp3) is 0.227. The highest BCUT2D eigenvalue weighted by molar-refractivity contribution is 7.90. The van der Waals surface area contributed by atoms with Crippen molar-refractivity contribution < 1.29 is 26.7 Å². The van der Waals surface area contributed by atoms with E-state index in [1.54, 1.807) is 36.9 Å². The van der Waals surface area contributed by atoms with Crippen LogP contribution in [-0.2, 0) is 25.8 Å². The lowest BCUT2D eigenvalue weighted by atomic mass is 9.98. The van der Waals surface area contributed by atoms with Crippen LogP contribution in [0, 0.1) is 18.6 Å². The second-order valence-corrected chi connectivity index (χ2v) is 8.94. The topological polar surface area (TPSA) is 65.4 Å². The molecule has 0 amide bonds. The quantitative estimate of drug-likeness (QED) is 0.546. The summed E-state index contributed by atoms with van der Waals surface area (Å²) in [7, 11) is -3.61. The number of carbonyl (C=O) groups is 1. The Morgan fingerprint density at radius 2 is 1.83 bits per heavy atom. The molecule has 0 N–H and O–H groups in total. The van der Waals surface area contributed by atoms with Crippen LogP contribution in [-0.4, -0.2) is 31.8 Å². The summed E-state index contributed by atoms with van der Waals surface area (Å²) < 4.78 is 58.9. The third-order valence-corrected chi connectivity index (χ3v) is 5.78. The summed E-state index contributed by atoms with van der Waals surface area (Å²) in [5, 5.41) is 0. The fourth-order valence-corrected chi connectivity index (χ4v) is 3.87. The van der Waals surface area contributed by atoms with Gasteiger partial charge in [0.15, 0.2) is 9.84 Å². The van der Waals surface area contributed by atoms with Gasteiger partial charge in [0.1, 0.15) is 11.6 Å². The smallest absolute Gasteiger partial charge is 0.310 e. The van der Waals surface area contributed by atoms with Crippen molar-refractivity contribution in [1.29, 1.82) is 0 Å². The zero-order chi connectivity index (χ0) is 22.1. The Bertz CT molecular complexity index is 1220. The van der Waals surface area contributed by atoms with E-state index in [0.29, 0.717) is 22.4 Å². The van der Waals surface area contributed by atoms with E-state index in [0.717, 1.165) is 18.4 Å². The minimum atomic E-state index is -3.61. The average Bonchev–Trinajstić information content (AvgIpc) is 3.09. The Hall–Kier alpha value is -3.00. The number of nitrogens with zero attached hydrogens (tertiary/aromatic N) is 1. The van der Waals surface area contributed by atoms with E-state index >= 15 is 0 Å². The van der Waals surface area contributed by atoms with E-state index in [9.17, 15) is 22.0 Å². The Morgan fingerprint density at radius 3 is 2.47 bits per heavy atom. The molecule has 1 heterocycles. The number of sulfone groups is 1. The van der Waals surface area contributed by atoms with Gasteiger partial charge in [-0.25, -0.2) is 17.2 Å². The molecule has 0 spiro atoms. The first kappa shape index (κ1) is 21.7. The number of hydrogen-bond acceptors (Lipinski definition) is 4. The minimum absolute atomic E-state index is 0.00228. The molecule has 0 unspecified atom stereocenters. The Balaban J connectivity index is 2.16. The maximum atomic E-state index is 14.5. The molecule has 0 aliphatic carbocycles. The van der Waals surface area contributed by atoms with Crippen LogP contribution in [0.5, 0.6) is 0 Å². The van der Waals surface area contributed by atoms with Crippen LogP contribution in [0.2, 0.25) is 0 Å². The molecule has 1 aromatic heterocycles. The number of carbonyl (C=O) groups excluding carboxylic acids is 1. The zero-order valence-electron chi connectivity index (χ0n) is 16.8. The van der Waals surface area contributed by atoms with E-state index in [2.05, 4.69) is 0 Å². The van der Waals surface area contributed by atoms with Crippen LogP contribution >= 0.6 is 0 Å². The summed E-state index contributed by atoms with van der Waals surface area (Å²) in [5.41, 5.74) is 2.23. The van der Waals surface area contributed by atoms with Crippen molar-refractivity contribution in [2.24, 2.45) is 0 Å². The fourth-order valence-electron chi connectivity index (χ4n) is 3.22. The maximum absolute atomic E-state index is 14.5. The van der Waals surface area contributed by atoms with Crippen molar-refractivity contribution in [2.45, 2.75) is 25.2 Å². The monoisotopic (exact) mass is 433 g/mol. The van der Waals surface area contributed by atoms with Crippen LogP contribution < -0.4 is 0 Å². The van der Waals surface area contributed by atoms with Crippen molar-refractivity contribution in [3.63, 3.8) is 0 Å². The predicted octanol–water partition coefficient (Wildman–Crippen LogP) is 4.24. The van der Waals surface area contributed by atoms with Crippen LogP contribution in [0.4, 0.5) is 8.78 Å². The molecule has 2 aromatic carbocycles. The molecule has 5 nitrogen and oxygen atoms in total. The largest absolute Gasteiger partial charge is 0.466 e. The summed E-state index contributed by atoms with van der Waals surface area (Å²) in [6, 6.07) is 7.76. The molecule has 0 saturated carbocycles. The van der Waals surface area contributed by atoms with Gasteiger partial charge in [0.2, 0.25) is 0 Å². The van der Waals surface area contributed by atoms with Gasteiger partial charge in [-0.15, -0.1) is 0 Å². The van der Waals surface area contributed by atoms with E-state index in [1.807, 2.05) is 0 Å². The van der Waals surface area contributed by atoms with Crippen molar-refractivity contribution in [3.8, 4) is 16.8 Å². The molecule has 0 atom stereocenters. The number of halogens is 2. The van der Waals surface area contributed by atoms with Gasteiger partial charge in [-0.05, 0) is 60.9 Å². The predicted molar refractivity (Wildman–Crippen MR) is 109 cm³/mol. The molecule has 30 heavy (non-hydrogen) atoms. The molecule has 0 radical (unpaired) electrons. The third kappa shape index (κ3) is 4.59. The molecule has 158 valence electrons. The summed E-state index contributed by atoms with van der Waals surface area (Å²) in [6.07, 6.45) is 4.52. The SMILES string of the molecule is CCOC(=O)Cc1ccn(-c2cc(S(C)(=O)=O)cc(-c3ccc(F)cc3F)c2C)c1. The number of rotatable bonds is 6. The van der Waals surface area contributed by atoms with Gasteiger partial charge < -0.3 is 9.30 Å². The van der Waals surface area contributed by atoms with Crippen molar-refractivity contribution >= 4 is 15.8 Å². The van der Waals surface area contributed by atoms with Gasteiger partial charge in [0.05, 0.1) is 17.9 Å². The maximum Gasteiger partial charge on any atom is 0.310 e. The highest BCUT2D eigenvalue weighted by atomic mass is 32.2. The average molecular weight is 433 g/mol. The van der Waals surface area contributed by atoms with Gasteiger partial charge in [0.25, 0.3) is 0 Å².